The number of amidine groups is 1. The quantitative estimate of drug-likeness (QED) is 0.494. The highest BCUT2D eigenvalue weighted by Crippen LogP contribution is 2.27. The molecule has 2 aromatic carbocycles. The third-order valence-corrected chi connectivity index (χ3v) is 3.64. The Morgan fingerprint density at radius 2 is 1.81 bits per heavy atom. The average Bonchev–Trinajstić information content (AvgIpc) is 2.61. The van der Waals surface area contributed by atoms with Gasteiger partial charge in [0.05, 0.1) is 5.52 Å². The second-order valence-corrected chi connectivity index (χ2v) is 5.80. The summed E-state index contributed by atoms with van der Waals surface area (Å²) in [6, 6.07) is 12.8. The lowest BCUT2D eigenvalue weighted by Gasteiger charge is -2.12. The summed E-state index contributed by atoms with van der Waals surface area (Å²) in [5.41, 5.74) is 13.1. The van der Waals surface area contributed by atoms with Crippen LogP contribution in [-0.2, 0) is 0 Å². The molecule has 1 aromatic heterocycles. The maximum Gasteiger partial charge on any atom is 0.165 e. The fourth-order valence-electron chi connectivity index (χ4n) is 2.47. The number of fused-ring (bicyclic) bond motifs is 1. The fraction of sp³-hybridized carbons (Fsp3) is 0.105. The van der Waals surface area contributed by atoms with E-state index in [9.17, 15) is 9.50 Å². The molecular formula is C19H18FN5O. The number of nitrogens with zero attached hydrogens (tertiary/aromatic N) is 3. The van der Waals surface area contributed by atoms with Crippen molar-refractivity contribution in [1.82, 2.24) is 9.97 Å². The Labute approximate surface area is 149 Å². The van der Waals surface area contributed by atoms with Crippen LogP contribution in [0.25, 0.3) is 10.9 Å². The highest BCUT2D eigenvalue weighted by molar-refractivity contribution is 5.97. The molecule has 6 nitrogen and oxygen atoms in total. The SMILES string of the molecule is C/C(N)=C/C(N)=Nc1nc([C@H](O)c2ccc(F)cc2)nc2ccccc12. The Balaban J connectivity index is 2.12. The topological polar surface area (TPSA) is 110 Å². The molecule has 0 fully saturated rings. The fourth-order valence-corrected chi connectivity index (χ4v) is 2.47. The molecule has 0 bridgehead atoms. The van der Waals surface area contributed by atoms with Crippen LogP contribution in [0.3, 0.4) is 0 Å². The van der Waals surface area contributed by atoms with Gasteiger partial charge in [0.1, 0.15) is 17.8 Å². The van der Waals surface area contributed by atoms with Gasteiger partial charge in [0.15, 0.2) is 11.6 Å². The van der Waals surface area contributed by atoms with Crippen LogP contribution in [0, 0.1) is 5.82 Å². The lowest BCUT2D eigenvalue weighted by Crippen LogP contribution is -2.11. The maximum atomic E-state index is 13.1. The van der Waals surface area contributed by atoms with Crippen LogP contribution in [0.15, 0.2) is 65.3 Å². The van der Waals surface area contributed by atoms with Gasteiger partial charge in [-0.15, -0.1) is 0 Å². The maximum absolute atomic E-state index is 13.1. The number of hydrogen-bond donors (Lipinski definition) is 3. The summed E-state index contributed by atoms with van der Waals surface area (Å²) >= 11 is 0. The van der Waals surface area contributed by atoms with Crippen LogP contribution in [-0.4, -0.2) is 20.9 Å². The summed E-state index contributed by atoms with van der Waals surface area (Å²) < 4.78 is 13.1. The first-order chi connectivity index (χ1) is 12.4. The zero-order valence-corrected chi connectivity index (χ0v) is 14.1. The number of halogens is 1. The number of allylic oxidation sites excluding steroid dienone is 1. The summed E-state index contributed by atoms with van der Waals surface area (Å²) in [7, 11) is 0. The van der Waals surface area contributed by atoms with E-state index >= 15 is 0 Å². The van der Waals surface area contributed by atoms with Crippen molar-refractivity contribution in [2.45, 2.75) is 13.0 Å². The lowest BCUT2D eigenvalue weighted by atomic mass is 10.1. The smallest absolute Gasteiger partial charge is 0.165 e. The molecule has 3 rings (SSSR count). The number of rotatable bonds is 4. The average molecular weight is 351 g/mol. The molecule has 0 amide bonds. The van der Waals surface area contributed by atoms with Crippen molar-refractivity contribution in [2.75, 3.05) is 0 Å². The zero-order chi connectivity index (χ0) is 18.7. The molecule has 0 radical (unpaired) electrons. The van der Waals surface area contributed by atoms with Crippen molar-refractivity contribution >= 4 is 22.6 Å². The third kappa shape index (κ3) is 3.84. The van der Waals surface area contributed by atoms with Gasteiger partial charge in [-0.1, -0.05) is 24.3 Å². The first-order valence-corrected chi connectivity index (χ1v) is 7.92. The largest absolute Gasteiger partial charge is 0.402 e. The number of aliphatic hydroxyl groups is 1. The number of aromatic nitrogens is 2. The van der Waals surface area contributed by atoms with Crippen LogP contribution in [0.4, 0.5) is 10.2 Å². The predicted octanol–water partition coefficient (Wildman–Crippen LogP) is 2.70. The second kappa shape index (κ2) is 7.28. The van der Waals surface area contributed by atoms with Crippen LogP contribution in [0.5, 0.6) is 0 Å². The first kappa shape index (κ1) is 17.5. The van der Waals surface area contributed by atoms with Crippen molar-refractivity contribution in [3.05, 3.63) is 77.5 Å². The Bertz CT molecular complexity index is 994. The van der Waals surface area contributed by atoms with Gasteiger partial charge in [0, 0.05) is 11.1 Å². The Kier molecular flexibility index (Phi) is 4.90. The van der Waals surface area contributed by atoms with Crippen molar-refractivity contribution in [3.63, 3.8) is 0 Å². The molecule has 132 valence electrons. The molecule has 7 heteroatoms. The number of aliphatic hydroxyl groups excluding tert-OH is 1. The normalized spacial score (nSPS) is 13.8. The highest BCUT2D eigenvalue weighted by Gasteiger charge is 2.17. The lowest BCUT2D eigenvalue weighted by molar-refractivity contribution is 0.210. The number of benzene rings is 2. The summed E-state index contributed by atoms with van der Waals surface area (Å²) in [5, 5.41) is 11.3. The van der Waals surface area contributed by atoms with Gasteiger partial charge in [-0.25, -0.2) is 19.4 Å². The molecule has 3 aromatic rings. The van der Waals surface area contributed by atoms with Crippen LogP contribution < -0.4 is 11.5 Å². The summed E-state index contributed by atoms with van der Waals surface area (Å²) in [6.07, 6.45) is 0.398. The van der Waals surface area contributed by atoms with Crippen LogP contribution in [0.2, 0.25) is 0 Å². The predicted molar refractivity (Wildman–Crippen MR) is 99.2 cm³/mol. The standard InChI is InChI=1S/C19H18FN5O/c1-11(21)10-16(22)24-18-14-4-2-3-5-15(14)23-19(25-18)17(26)12-6-8-13(20)9-7-12/h2-10,17,26H,21H2,1H3,(H2,22,23,24,25)/b11-10-/t17-/m1/s1. The van der Waals surface area contributed by atoms with E-state index in [1.54, 1.807) is 13.0 Å². The Morgan fingerprint density at radius 3 is 2.50 bits per heavy atom. The number of hydrogen-bond acceptors (Lipinski definition) is 5. The Hall–Kier alpha value is -3.32. The van der Waals surface area contributed by atoms with E-state index < -0.39 is 6.10 Å². The molecule has 0 aliphatic carbocycles. The number of nitrogens with two attached hydrogens (primary N) is 2. The van der Waals surface area contributed by atoms with Crippen molar-refractivity contribution in [1.29, 1.82) is 0 Å². The van der Waals surface area contributed by atoms with E-state index in [2.05, 4.69) is 15.0 Å². The molecule has 1 heterocycles. The zero-order valence-electron chi connectivity index (χ0n) is 14.1. The van der Waals surface area contributed by atoms with Gasteiger partial charge in [-0.3, -0.25) is 0 Å². The first-order valence-electron chi connectivity index (χ1n) is 7.92. The monoisotopic (exact) mass is 351 g/mol. The molecular weight excluding hydrogens is 333 g/mol. The number of aliphatic imine (C=N–C) groups is 1. The van der Waals surface area contributed by atoms with E-state index in [1.165, 1.54) is 30.3 Å². The van der Waals surface area contributed by atoms with Gasteiger partial charge >= 0.3 is 0 Å². The highest BCUT2D eigenvalue weighted by atomic mass is 19.1. The minimum Gasteiger partial charge on any atom is -0.402 e. The molecule has 1 atom stereocenters. The van der Waals surface area contributed by atoms with E-state index in [0.29, 0.717) is 28.0 Å². The molecule has 26 heavy (non-hydrogen) atoms. The van der Waals surface area contributed by atoms with Gasteiger partial charge in [-0.2, -0.15) is 0 Å². The minimum absolute atomic E-state index is 0.148. The summed E-state index contributed by atoms with van der Waals surface area (Å²) in [4.78, 5) is 13.0. The molecule has 0 aliphatic heterocycles. The van der Waals surface area contributed by atoms with Crippen molar-refractivity contribution in [3.8, 4) is 0 Å². The van der Waals surface area contributed by atoms with E-state index in [0.717, 1.165) is 0 Å². The molecule has 0 unspecified atom stereocenters. The molecule has 0 saturated carbocycles. The van der Waals surface area contributed by atoms with Gasteiger partial charge in [0.25, 0.3) is 0 Å². The summed E-state index contributed by atoms with van der Waals surface area (Å²) in [6.45, 7) is 1.70. The van der Waals surface area contributed by atoms with Gasteiger partial charge < -0.3 is 16.6 Å². The van der Waals surface area contributed by atoms with Crippen LogP contribution >= 0.6 is 0 Å². The van der Waals surface area contributed by atoms with Crippen molar-refractivity contribution in [2.24, 2.45) is 16.5 Å². The molecule has 5 N–H and O–H groups in total. The minimum atomic E-state index is -1.12. The second-order valence-electron chi connectivity index (χ2n) is 5.80. The van der Waals surface area contributed by atoms with Gasteiger partial charge in [-0.05, 0) is 42.8 Å². The molecule has 0 saturated heterocycles. The summed E-state index contributed by atoms with van der Waals surface area (Å²) in [5.74, 6) is 0.274. The van der Waals surface area contributed by atoms with E-state index in [-0.39, 0.29) is 17.5 Å². The van der Waals surface area contributed by atoms with E-state index in [4.69, 9.17) is 11.5 Å². The van der Waals surface area contributed by atoms with Gasteiger partial charge in [0.2, 0.25) is 0 Å². The molecule has 0 spiro atoms. The van der Waals surface area contributed by atoms with E-state index in [1.807, 2.05) is 18.2 Å². The van der Waals surface area contributed by atoms with Crippen LogP contribution in [0.1, 0.15) is 24.4 Å². The third-order valence-electron chi connectivity index (χ3n) is 3.64. The van der Waals surface area contributed by atoms with Crippen molar-refractivity contribution < 1.29 is 9.50 Å². The number of para-hydroxylation sites is 1. The Morgan fingerprint density at radius 1 is 1.12 bits per heavy atom. The molecule has 0 aliphatic rings.